The molecule has 158 valence electrons. The predicted molar refractivity (Wildman–Crippen MR) is 112 cm³/mol. The van der Waals surface area contributed by atoms with Crippen LogP contribution in [0.1, 0.15) is 58.8 Å². The van der Waals surface area contributed by atoms with E-state index in [1.165, 1.54) is 0 Å². The SMILES string of the molecule is CCCN(CCC)S(=O)(=O)c1ccc(N2CCC(CCCC(=O)O)CC2)cc1. The van der Waals surface area contributed by atoms with Gasteiger partial charge in [0.15, 0.2) is 0 Å². The summed E-state index contributed by atoms with van der Waals surface area (Å²) in [5, 5.41) is 8.75. The number of carboxylic acid groups (broad SMARTS) is 1. The average molecular weight is 411 g/mol. The van der Waals surface area contributed by atoms with Crippen LogP contribution < -0.4 is 4.90 Å². The lowest BCUT2D eigenvalue weighted by atomic mass is 9.91. The Hall–Kier alpha value is -1.60. The zero-order valence-electron chi connectivity index (χ0n) is 17.1. The minimum Gasteiger partial charge on any atom is -0.481 e. The standard InChI is InChI=1S/C21H34N2O4S/c1-3-14-23(15-4-2)28(26,27)20-10-8-19(9-11-20)22-16-12-18(13-17-22)6-5-7-21(24)25/h8-11,18H,3-7,12-17H2,1-2H3,(H,24,25). The number of rotatable bonds is 11. The number of carbonyl (C=O) groups is 1. The summed E-state index contributed by atoms with van der Waals surface area (Å²) < 4.78 is 27.3. The molecule has 0 bridgehead atoms. The predicted octanol–water partition coefficient (Wildman–Crippen LogP) is 3.97. The van der Waals surface area contributed by atoms with E-state index in [1.54, 1.807) is 16.4 Å². The Labute approximate surface area is 169 Å². The van der Waals surface area contributed by atoms with Crippen LogP contribution in [-0.2, 0) is 14.8 Å². The fourth-order valence-electron chi connectivity index (χ4n) is 3.85. The summed E-state index contributed by atoms with van der Waals surface area (Å²) in [7, 11) is -3.43. The van der Waals surface area contributed by atoms with Gasteiger partial charge in [-0.1, -0.05) is 13.8 Å². The fourth-order valence-corrected chi connectivity index (χ4v) is 5.47. The number of anilines is 1. The van der Waals surface area contributed by atoms with E-state index in [0.717, 1.165) is 57.3 Å². The van der Waals surface area contributed by atoms with Crippen LogP contribution in [0.4, 0.5) is 5.69 Å². The van der Waals surface area contributed by atoms with Gasteiger partial charge in [-0.15, -0.1) is 0 Å². The highest BCUT2D eigenvalue weighted by molar-refractivity contribution is 7.89. The molecule has 0 atom stereocenters. The van der Waals surface area contributed by atoms with Crippen LogP contribution in [0, 0.1) is 5.92 Å². The summed E-state index contributed by atoms with van der Waals surface area (Å²) in [6, 6.07) is 7.27. The Bertz CT molecular complexity index is 704. The normalized spacial score (nSPS) is 15.9. The van der Waals surface area contributed by atoms with Gasteiger partial charge in [-0.3, -0.25) is 4.79 Å². The monoisotopic (exact) mass is 410 g/mol. The van der Waals surface area contributed by atoms with Crippen LogP contribution >= 0.6 is 0 Å². The minimum atomic E-state index is -3.43. The molecular weight excluding hydrogens is 376 g/mol. The maximum Gasteiger partial charge on any atom is 0.303 e. The molecule has 1 aromatic carbocycles. The number of benzene rings is 1. The van der Waals surface area contributed by atoms with E-state index in [9.17, 15) is 13.2 Å². The Morgan fingerprint density at radius 1 is 1.11 bits per heavy atom. The molecule has 0 saturated carbocycles. The molecule has 0 aliphatic carbocycles. The molecule has 0 unspecified atom stereocenters. The molecule has 28 heavy (non-hydrogen) atoms. The van der Waals surface area contributed by atoms with Crippen LogP contribution in [0.15, 0.2) is 29.2 Å². The van der Waals surface area contributed by atoms with Crippen molar-refractivity contribution in [1.82, 2.24) is 4.31 Å². The van der Waals surface area contributed by atoms with Crippen molar-refractivity contribution in [3.63, 3.8) is 0 Å². The molecule has 1 fully saturated rings. The first-order chi connectivity index (χ1) is 13.4. The van der Waals surface area contributed by atoms with Crippen molar-refractivity contribution in [3.8, 4) is 0 Å². The van der Waals surface area contributed by atoms with E-state index in [2.05, 4.69) is 4.90 Å². The highest BCUT2D eigenvalue weighted by Gasteiger charge is 2.24. The molecule has 1 N–H and O–H groups in total. The third-order valence-corrected chi connectivity index (χ3v) is 7.32. The van der Waals surface area contributed by atoms with E-state index in [0.29, 0.717) is 23.9 Å². The van der Waals surface area contributed by atoms with Gasteiger partial charge in [0.1, 0.15) is 0 Å². The molecule has 0 amide bonds. The molecule has 0 aromatic heterocycles. The number of hydrogen-bond acceptors (Lipinski definition) is 4. The summed E-state index contributed by atoms with van der Waals surface area (Å²) in [6.45, 7) is 6.95. The third kappa shape index (κ3) is 6.21. The number of piperidine rings is 1. The quantitative estimate of drug-likeness (QED) is 0.597. The fraction of sp³-hybridized carbons (Fsp3) is 0.667. The Kier molecular flexibility index (Phi) is 8.76. The second-order valence-electron chi connectivity index (χ2n) is 7.61. The van der Waals surface area contributed by atoms with Crippen molar-refractivity contribution in [2.75, 3.05) is 31.1 Å². The first kappa shape index (κ1) is 22.7. The van der Waals surface area contributed by atoms with Crippen molar-refractivity contribution in [1.29, 1.82) is 0 Å². The first-order valence-electron chi connectivity index (χ1n) is 10.5. The second kappa shape index (κ2) is 10.8. The van der Waals surface area contributed by atoms with Crippen LogP contribution in [0.5, 0.6) is 0 Å². The summed E-state index contributed by atoms with van der Waals surface area (Å²) in [5.74, 6) is -0.129. The van der Waals surface area contributed by atoms with Crippen LogP contribution in [-0.4, -0.2) is 50.0 Å². The van der Waals surface area contributed by atoms with Crippen molar-refractivity contribution in [3.05, 3.63) is 24.3 Å². The summed E-state index contributed by atoms with van der Waals surface area (Å²) in [5.41, 5.74) is 1.06. The van der Waals surface area contributed by atoms with Gasteiger partial charge >= 0.3 is 5.97 Å². The van der Waals surface area contributed by atoms with Crippen LogP contribution in [0.3, 0.4) is 0 Å². The zero-order valence-corrected chi connectivity index (χ0v) is 18.0. The molecule has 7 heteroatoms. The average Bonchev–Trinajstić information content (AvgIpc) is 2.68. The molecular formula is C21H34N2O4S. The molecule has 0 radical (unpaired) electrons. The van der Waals surface area contributed by atoms with Crippen molar-refractivity contribution in [2.24, 2.45) is 5.92 Å². The lowest BCUT2D eigenvalue weighted by Crippen LogP contribution is -2.34. The lowest BCUT2D eigenvalue weighted by Gasteiger charge is -2.33. The number of carboxylic acids is 1. The molecule has 1 aliphatic rings. The lowest BCUT2D eigenvalue weighted by molar-refractivity contribution is -0.137. The zero-order chi connectivity index (χ0) is 20.6. The van der Waals surface area contributed by atoms with E-state index in [4.69, 9.17) is 5.11 Å². The number of aliphatic carboxylic acids is 1. The van der Waals surface area contributed by atoms with Crippen molar-refractivity contribution in [2.45, 2.75) is 63.7 Å². The molecule has 2 rings (SSSR count). The van der Waals surface area contributed by atoms with Gasteiger partial charge in [0.2, 0.25) is 10.0 Å². The van der Waals surface area contributed by atoms with Gasteiger partial charge < -0.3 is 10.0 Å². The van der Waals surface area contributed by atoms with Gasteiger partial charge in [0.25, 0.3) is 0 Å². The maximum absolute atomic E-state index is 12.9. The summed E-state index contributed by atoms with van der Waals surface area (Å²) in [6.07, 6.45) is 5.70. The molecule has 1 aliphatic heterocycles. The summed E-state index contributed by atoms with van der Waals surface area (Å²) in [4.78, 5) is 13.3. The second-order valence-corrected chi connectivity index (χ2v) is 9.55. The topological polar surface area (TPSA) is 77.9 Å². The number of hydrogen-bond donors (Lipinski definition) is 1. The van der Waals surface area contributed by atoms with E-state index in [-0.39, 0.29) is 6.42 Å². The van der Waals surface area contributed by atoms with Gasteiger partial charge in [0, 0.05) is 38.3 Å². The van der Waals surface area contributed by atoms with E-state index in [1.807, 2.05) is 26.0 Å². The molecule has 0 spiro atoms. The van der Waals surface area contributed by atoms with Crippen LogP contribution in [0.2, 0.25) is 0 Å². The van der Waals surface area contributed by atoms with Crippen LogP contribution in [0.25, 0.3) is 0 Å². The minimum absolute atomic E-state index is 0.253. The van der Waals surface area contributed by atoms with Crippen molar-refractivity contribution >= 4 is 21.7 Å². The molecule has 1 saturated heterocycles. The maximum atomic E-state index is 12.9. The van der Waals surface area contributed by atoms with E-state index >= 15 is 0 Å². The van der Waals surface area contributed by atoms with Gasteiger partial charge in [-0.2, -0.15) is 4.31 Å². The first-order valence-corrected chi connectivity index (χ1v) is 11.9. The molecule has 1 heterocycles. The van der Waals surface area contributed by atoms with Gasteiger partial charge in [-0.05, 0) is 68.7 Å². The number of sulfonamides is 1. The largest absolute Gasteiger partial charge is 0.481 e. The summed E-state index contributed by atoms with van der Waals surface area (Å²) >= 11 is 0. The highest BCUT2D eigenvalue weighted by Crippen LogP contribution is 2.28. The van der Waals surface area contributed by atoms with Gasteiger partial charge in [0.05, 0.1) is 4.90 Å². The molecule has 1 aromatic rings. The molecule has 6 nitrogen and oxygen atoms in total. The van der Waals surface area contributed by atoms with Gasteiger partial charge in [-0.25, -0.2) is 8.42 Å². The number of nitrogens with zero attached hydrogens (tertiary/aromatic N) is 2. The smallest absolute Gasteiger partial charge is 0.303 e. The van der Waals surface area contributed by atoms with Crippen molar-refractivity contribution < 1.29 is 18.3 Å². The third-order valence-electron chi connectivity index (χ3n) is 5.40. The highest BCUT2D eigenvalue weighted by atomic mass is 32.2. The van der Waals surface area contributed by atoms with E-state index < -0.39 is 16.0 Å². The Morgan fingerprint density at radius 3 is 2.18 bits per heavy atom. The Balaban J connectivity index is 1.95. The Morgan fingerprint density at radius 2 is 1.68 bits per heavy atom.